The number of nitrogens with one attached hydrogen (secondary N) is 1. The van der Waals surface area contributed by atoms with Crippen LogP contribution in [0.3, 0.4) is 0 Å². The summed E-state index contributed by atoms with van der Waals surface area (Å²) in [6.45, 7) is 0.247. The number of unbranched alkanes of at least 4 members (excludes halogenated alkanes) is 4. The van der Waals surface area contributed by atoms with Gasteiger partial charge in [-0.2, -0.15) is 0 Å². The van der Waals surface area contributed by atoms with Gasteiger partial charge < -0.3 is 15.2 Å². The maximum Gasteiger partial charge on any atom is 0.307 e. The molecule has 1 amide bonds. The number of hydrogen-bond donors (Lipinski definition) is 2. The predicted octanol–water partition coefficient (Wildman–Crippen LogP) is 2.95. The molecule has 0 aromatic carbocycles. The van der Waals surface area contributed by atoms with Crippen LogP contribution in [-0.2, 0) is 14.3 Å². The lowest BCUT2D eigenvalue weighted by Gasteiger charge is -2.30. The third-order valence-electron chi connectivity index (χ3n) is 4.74. The van der Waals surface area contributed by atoms with Gasteiger partial charge in [0.2, 0.25) is 5.91 Å². The number of methoxy groups -OCH3 is 1. The third-order valence-corrected chi connectivity index (χ3v) is 4.74. The van der Waals surface area contributed by atoms with Crippen molar-refractivity contribution in [1.29, 1.82) is 0 Å². The van der Waals surface area contributed by atoms with Gasteiger partial charge in [-0.05, 0) is 31.6 Å². The van der Waals surface area contributed by atoms with Gasteiger partial charge in [0.05, 0.1) is 13.5 Å². The molecule has 1 saturated carbocycles. The van der Waals surface area contributed by atoms with Gasteiger partial charge in [-0.25, -0.2) is 0 Å². The van der Waals surface area contributed by atoms with Crippen LogP contribution < -0.4 is 5.32 Å². The van der Waals surface area contributed by atoms with E-state index in [0.717, 1.165) is 44.9 Å². The molecule has 1 aliphatic rings. The van der Waals surface area contributed by atoms with E-state index in [4.69, 9.17) is 9.84 Å². The lowest BCUT2D eigenvalue weighted by Crippen LogP contribution is -2.42. The van der Waals surface area contributed by atoms with Crippen LogP contribution in [0, 0.1) is 5.92 Å². The summed E-state index contributed by atoms with van der Waals surface area (Å²) in [5.41, 5.74) is 0. The Balaban J connectivity index is 2.33. The van der Waals surface area contributed by atoms with E-state index < -0.39 is 0 Å². The second kappa shape index (κ2) is 12.3. The van der Waals surface area contributed by atoms with Crippen LogP contribution in [0.1, 0.15) is 77.0 Å². The summed E-state index contributed by atoms with van der Waals surface area (Å²) in [7, 11) is 1.40. The summed E-state index contributed by atoms with van der Waals surface area (Å²) in [4.78, 5) is 23.8. The monoisotopic (exact) mass is 327 g/mol. The van der Waals surface area contributed by atoms with Crippen molar-refractivity contribution >= 4 is 11.9 Å². The Morgan fingerprint density at radius 1 is 1.09 bits per heavy atom. The molecule has 0 aliphatic heterocycles. The molecule has 1 fully saturated rings. The zero-order chi connectivity index (χ0) is 16.9. The van der Waals surface area contributed by atoms with Gasteiger partial charge in [0.1, 0.15) is 0 Å². The van der Waals surface area contributed by atoms with Crippen LogP contribution in [0.15, 0.2) is 0 Å². The molecule has 5 nitrogen and oxygen atoms in total. The first-order valence-electron chi connectivity index (χ1n) is 9.14. The summed E-state index contributed by atoms with van der Waals surface area (Å²) in [6.07, 6.45) is 11.4. The molecule has 1 unspecified atom stereocenters. The quantitative estimate of drug-likeness (QED) is 0.452. The Bertz CT molecular complexity index is 340. The number of amides is 1. The number of aliphatic hydroxyl groups is 1. The van der Waals surface area contributed by atoms with E-state index in [1.165, 1.54) is 26.4 Å². The molecule has 0 aromatic rings. The second-order valence-electron chi connectivity index (χ2n) is 6.59. The predicted molar refractivity (Wildman–Crippen MR) is 89.9 cm³/mol. The maximum absolute atomic E-state index is 12.2. The van der Waals surface area contributed by atoms with Crippen molar-refractivity contribution in [2.45, 2.75) is 83.1 Å². The van der Waals surface area contributed by atoms with Crippen LogP contribution in [0.5, 0.6) is 0 Å². The molecule has 1 aliphatic carbocycles. The normalized spacial score (nSPS) is 16.8. The van der Waals surface area contributed by atoms with E-state index in [-0.39, 0.29) is 30.9 Å². The molecule has 134 valence electrons. The van der Waals surface area contributed by atoms with Crippen molar-refractivity contribution in [3.63, 3.8) is 0 Å². The summed E-state index contributed by atoms with van der Waals surface area (Å²) in [5.74, 6) is 0.202. The van der Waals surface area contributed by atoms with Crippen molar-refractivity contribution < 1.29 is 19.4 Å². The van der Waals surface area contributed by atoms with E-state index in [9.17, 15) is 9.59 Å². The number of ether oxygens (including phenoxy) is 1. The summed E-state index contributed by atoms with van der Waals surface area (Å²) < 4.78 is 4.78. The van der Waals surface area contributed by atoms with Crippen LogP contribution >= 0.6 is 0 Å². The highest BCUT2D eigenvalue weighted by molar-refractivity contribution is 5.77. The lowest BCUT2D eigenvalue weighted by molar-refractivity contribution is -0.141. The largest absolute Gasteiger partial charge is 0.469 e. The van der Waals surface area contributed by atoms with Crippen LogP contribution in [0.2, 0.25) is 0 Å². The van der Waals surface area contributed by atoms with Gasteiger partial charge in [-0.1, -0.05) is 38.5 Å². The number of aliphatic hydroxyl groups excluding tert-OH is 1. The number of hydrogen-bond acceptors (Lipinski definition) is 4. The molecular formula is C18H33NO4. The van der Waals surface area contributed by atoms with Crippen molar-refractivity contribution in [2.24, 2.45) is 5.92 Å². The number of carbonyl (C=O) groups excluding carboxylic acids is 2. The molecule has 5 heteroatoms. The smallest absolute Gasteiger partial charge is 0.307 e. The van der Waals surface area contributed by atoms with Crippen LogP contribution in [-0.4, -0.2) is 36.7 Å². The molecule has 2 N–H and O–H groups in total. The van der Waals surface area contributed by atoms with Crippen molar-refractivity contribution in [2.75, 3.05) is 13.7 Å². The van der Waals surface area contributed by atoms with Gasteiger partial charge in [-0.15, -0.1) is 0 Å². The first kappa shape index (κ1) is 19.9. The first-order valence-corrected chi connectivity index (χ1v) is 9.14. The zero-order valence-electron chi connectivity index (χ0n) is 14.5. The summed E-state index contributed by atoms with van der Waals surface area (Å²) in [6, 6.07) is -0.0790. The average Bonchev–Trinajstić information content (AvgIpc) is 2.58. The van der Waals surface area contributed by atoms with E-state index in [1.54, 1.807) is 0 Å². The highest BCUT2D eigenvalue weighted by Crippen LogP contribution is 2.28. The molecule has 0 spiro atoms. The summed E-state index contributed by atoms with van der Waals surface area (Å²) in [5, 5.41) is 11.8. The molecule has 1 rings (SSSR count). The van der Waals surface area contributed by atoms with Gasteiger partial charge in [0, 0.05) is 19.1 Å². The van der Waals surface area contributed by atoms with Crippen molar-refractivity contribution in [1.82, 2.24) is 5.32 Å². The fourth-order valence-electron chi connectivity index (χ4n) is 3.34. The fourth-order valence-corrected chi connectivity index (χ4v) is 3.34. The molecular weight excluding hydrogens is 294 g/mol. The topological polar surface area (TPSA) is 75.6 Å². The van der Waals surface area contributed by atoms with E-state index in [0.29, 0.717) is 12.3 Å². The lowest BCUT2D eigenvalue weighted by atomic mass is 9.82. The van der Waals surface area contributed by atoms with E-state index in [2.05, 4.69) is 5.32 Å². The Labute approximate surface area is 140 Å². The Morgan fingerprint density at radius 2 is 1.74 bits per heavy atom. The van der Waals surface area contributed by atoms with Crippen LogP contribution in [0.4, 0.5) is 0 Å². The highest BCUT2D eigenvalue weighted by atomic mass is 16.5. The Kier molecular flexibility index (Phi) is 10.7. The molecule has 0 bridgehead atoms. The standard InChI is InChI=1S/C18H33NO4/c1-23-18(22)14-16(15-10-6-5-7-11-15)19-17(21)12-8-3-2-4-9-13-20/h15-16,20H,2-14H2,1H3,(H,19,21). The molecule has 0 heterocycles. The number of esters is 1. The van der Waals surface area contributed by atoms with Gasteiger partial charge in [0.15, 0.2) is 0 Å². The highest BCUT2D eigenvalue weighted by Gasteiger charge is 2.27. The minimum absolute atomic E-state index is 0.0478. The number of carbonyl (C=O) groups is 2. The minimum Gasteiger partial charge on any atom is -0.469 e. The molecule has 0 radical (unpaired) electrons. The van der Waals surface area contributed by atoms with E-state index >= 15 is 0 Å². The molecule has 0 saturated heterocycles. The first-order chi connectivity index (χ1) is 11.2. The van der Waals surface area contributed by atoms with Crippen molar-refractivity contribution in [3.8, 4) is 0 Å². The summed E-state index contributed by atoms with van der Waals surface area (Å²) >= 11 is 0. The van der Waals surface area contributed by atoms with Gasteiger partial charge >= 0.3 is 5.97 Å². The molecule has 0 aromatic heterocycles. The number of rotatable bonds is 11. The van der Waals surface area contributed by atoms with Gasteiger partial charge in [0.25, 0.3) is 0 Å². The van der Waals surface area contributed by atoms with Gasteiger partial charge in [-0.3, -0.25) is 9.59 Å². The second-order valence-corrected chi connectivity index (χ2v) is 6.59. The Hall–Kier alpha value is -1.10. The van der Waals surface area contributed by atoms with Crippen molar-refractivity contribution in [3.05, 3.63) is 0 Å². The zero-order valence-corrected chi connectivity index (χ0v) is 14.5. The SMILES string of the molecule is COC(=O)CC(NC(=O)CCCCCCCO)C1CCCCC1. The molecule has 1 atom stereocenters. The fraction of sp³-hybridized carbons (Fsp3) is 0.889. The maximum atomic E-state index is 12.2. The third kappa shape index (κ3) is 8.94. The minimum atomic E-state index is -0.245. The van der Waals surface area contributed by atoms with E-state index in [1.807, 2.05) is 0 Å². The average molecular weight is 327 g/mol. The van der Waals surface area contributed by atoms with Crippen LogP contribution in [0.25, 0.3) is 0 Å². The Morgan fingerprint density at radius 3 is 2.39 bits per heavy atom. The molecule has 23 heavy (non-hydrogen) atoms.